The van der Waals surface area contributed by atoms with Gasteiger partial charge in [-0.15, -0.1) is 0 Å². The molecule has 0 aliphatic rings. The smallest absolute Gasteiger partial charge is 0.822 e. The average molecular weight is 407 g/mol. The van der Waals surface area contributed by atoms with Crippen LogP contribution in [0.4, 0.5) is 0 Å². The van der Waals surface area contributed by atoms with E-state index < -0.39 is 15.6 Å². The van der Waals surface area contributed by atoms with Crippen LogP contribution in [0.3, 0.4) is 0 Å². The fourth-order valence-electron chi connectivity index (χ4n) is 0. The summed E-state index contributed by atoms with van der Waals surface area (Å²) in [5, 5.41) is 0. The Labute approximate surface area is 166 Å². The summed E-state index contributed by atoms with van der Waals surface area (Å²) >= 11 is 0. The molecule has 0 aromatic rings. The zero-order chi connectivity index (χ0) is 9.00. The predicted octanol–water partition coefficient (Wildman–Crippen LogP) is -13.4. The Kier molecular flexibility index (Phi) is 259. The van der Waals surface area contributed by atoms with Crippen molar-refractivity contribution in [3.63, 3.8) is 0 Å². The first kappa shape index (κ1) is 110. The quantitative estimate of drug-likeness (QED) is 0.273. The zero-order valence-electron chi connectivity index (χ0n) is 10.3. The number of phosphoric acid groups is 2. The van der Waals surface area contributed by atoms with Gasteiger partial charge in [-0.2, -0.15) is 15.6 Å². The molecular formula is H16Mg3O16P2. The van der Waals surface area contributed by atoms with Crippen LogP contribution in [-0.2, 0) is 9.13 Å². The molecule has 0 aliphatic carbocycles. The minimum atomic E-state index is -5.39. The second-order valence-corrected chi connectivity index (χ2v) is 2.68. The van der Waals surface area contributed by atoms with Crippen LogP contribution >= 0.6 is 15.6 Å². The molecule has 21 heavy (non-hydrogen) atoms. The van der Waals surface area contributed by atoms with Crippen LogP contribution in [0.25, 0.3) is 0 Å². The van der Waals surface area contributed by atoms with Crippen molar-refractivity contribution in [3.05, 3.63) is 0 Å². The van der Waals surface area contributed by atoms with Gasteiger partial charge in [0.1, 0.15) is 0 Å². The van der Waals surface area contributed by atoms with Gasteiger partial charge in [0.25, 0.3) is 0 Å². The fraction of sp³-hybridized carbons (Fsp3) is 0. The first-order chi connectivity index (χ1) is 4.00. The van der Waals surface area contributed by atoms with Crippen molar-refractivity contribution >= 4 is 84.8 Å². The molecule has 0 unspecified atom stereocenters. The summed E-state index contributed by atoms with van der Waals surface area (Å²) in [6, 6.07) is 0. The van der Waals surface area contributed by atoms with Crippen LogP contribution in [0.2, 0.25) is 0 Å². The van der Waals surface area contributed by atoms with Crippen LogP contribution in [0, 0.1) is 0 Å². The molecule has 16 nitrogen and oxygen atoms in total. The van der Waals surface area contributed by atoms with Crippen LogP contribution in [0.15, 0.2) is 0 Å². The molecule has 0 radical (unpaired) electrons. The number of hydrogen-bond donors (Lipinski definition) is 0. The Balaban J connectivity index is -0.00000000364. The Morgan fingerprint density at radius 1 is 0.381 bits per heavy atom. The van der Waals surface area contributed by atoms with E-state index in [4.69, 9.17) is 38.5 Å². The van der Waals surface area contributed by atoms with Gasteiger partial charge in [-0.3, -0.25) is 0 Å². The first-order valence-electron chi connectivity index (χ1n) is 1.46. The van der Waals surface area contributed by atoms with Crippen molar-refractivity contribution in [1.29, 1.82) is 0 Å². The van der Waals surface area contributed by atoms with Crippen molar-refractivity contribution in [2.24, 2.45) is 0 Å². The van der Waals surface area contributed by atoms with Gasteiger partial charge in [-0.1, -0.05) is 0 Å². The molecule has 128 valence electrons. The van der Waals surface area contributed by atoms with Gasteiger partial charge in [0.2, 0.25) is 0 Å². The van der Waals surface area contributed by atoms with Crippen LogP contribution in [0.5, 0.6) is 0 Å². The summed E-state index contributed by atoms with van der Waals surface area (Å²) < 4.78 is 17.1. The molecule has 0 saturated heterocycles. The second-order valence-electron chi connectivity index (χ2n) is 0.894. The number of rotatable bonds is 0. The van der Waals surface area contributed by atoms with E-state index >= 15 is 0 Å². The first-order valence-corrected chi connectivity index (χ1v) is 4.38. The predicted molar refractivity (Wildman–Crippen MR) is 61.4 cm³/mol. The molecule has 0 saturated carbocycles. The third-order valence-electron chi connectivity index (χ3n) is 0. The fourth-order valence-corrected chi connectivity index (χ4v) is 0. The topological polar surface area (TPSA) is 424 Å². The van der Waals surface area contributed by atoms with E-state index in [9.17, 15) is 0 Å². The molecule has 0 fully saturated rings. The van der Waals surface area contributed by atoms with Crippen molar-refractivity contribution in [2.45, 2.75) is 0 Å². The van der Waals surface area contributed by atoms with Gasteiger partial charge in [0, 0.05) is 0 Å². The van der Waals surface area contributed by atoms with Crippen molar-refractivity contribution < 1.29 is 82.3 Å². The van der Waals surface area contributed by atoms with Crippen LogP contribution in [-0.4, -0.2) is 113 Å². The average Bonchev–Trinajstić information content (AvgIpc) is 1.12. The van der Waals surface area contributed by atoms with E-state index in [2.05, 4.69) is 0 Å². The molecule has 0 amide bonds. The third-order valence-corrected chi connectivity index (χ3v) is 0. The molecule has 0 bridgehead atoms. The standard InChI is InChI=1S/3Mg.2H3O4P.8H2O/c;;;2*1-5(2,3)4;;;;;;;;/h;;;2*(H3,1,2,3,4);8*1H2/q3*+2;;;;;;;;;;/p-6. The van der Waals surface area contributed by atoms with Crippen LogP contribution < -0.4 is 29.4 Å². The third kappa shape index (κ3) is 1870. The maximum absolute atomic E-state index is 8.55. The largest absolute Gasteiger partial charge is 2.00 e. The summed E-state index contributed by atoms with van der Waals surface area (Å²) in [7, 11) is -10.8. The van der Waals surface area contributed by atoms with E-state index in [1.807, 2.05) is 0 Å². The van der Waals surface area contributed by atoms with Crippen molar-refractivity contribution in [1.82, 2.24) is 0 Å². The molecule has 0 spiro atoms. The maximum atomic E-state index is 8.55. The van der Waals surface area contributed by atoms with E-state index in [0.29, 0.717) is 0 Å². The normalized spacial score (nSPS) is 5.62. The molecule has 16 N–H and O–H groups in total. The van der Waals surface area contributed by atoms with Crippen molar-refractivity contribution in [2.75, 3.05) is 0 Å². The van der Waals surface area contributed by atoms with Crippen LogP contribution in [0.1, 0.15) is 0 Å². The van der Waals surface area contributed by atoms with E-state index in [0.717, 1.165) is 0 Å². The molecule has 0 rings (SSSR count). The Morgan fingerprint density at radius 3 is 0.381 bits per heavy atom. The van der Waals surface area contributed by atoms with E-state index in [-0.39, 0.29) is 113 Å². The van der Waals surface area contributed by atoms with Gasteiger partial charge < -0.3 is 82.3 Å². The number of hydrogen-bond acceptors (Lipinski definition) is 8. The minimum absolute atomic E-state index is 0. The zero-order valence-corrected chi connectivity index (χ0v) is 16.3. The molecule has 0 aliphatic heterocycles. The summed E-state index contributed by atoms with van der Waals surface area (Å²) in [4.78, 5) is 51.3. The summed E-state index contributed by atoms with van der Waals surface area (Å²) in [6.07, 6.45) is 0. The molecule has 0 aromatic carbocycles. The SMILES string of the molecule is O.O.O.O.O.O.O.O.O=P([O-])([O-])[O-].O=P([O-])([O-])[O-].[Mg+2].[Mg+2].[Mg+2]. The van der Waals surface area contributed by atoms with Gasteiger partial charge in [-0.25, -0.2) is 0 Å². The Bertz CT molecular complexity index is 134. The molecular weight excluding hydrogens is 391 g/mol. The molecule has 0 heterocycles. The Hall–Kier alpha value is 2.20. The van der Waals surface area contributed by atoms with Gasteiger partial charge in [-0.05, 0) is 0 Å². The minimum Gasteiger partial charge on any atom is -0.822 e. The van der Waals surface area contributed by atoms with Gasteiger partial charge in [0.15, 0.2) is 0 Å². The summed E-state index contributed by atoms with van der Waals surface area (Å²) in [5.41, 5.74) is 0. The molecule has 0 aromatic heterocycles. The maximum Gasteiger partial charge on any atom is 2.00 e. The summed E-state index contributed by atoms with van der Waals surface area (Å²) in [5.74, 6) is 0. The van der Waals surface area contributed by atoms with E-state index in [1.54, 1.807) is 0 Å². The van der Waals surface area contributed by atoms with E-state index in [1.165, 1.54) is 0 Å². The Morgan fingerprint density at radius 2 is 0.381 bits per heavy atom. The van der Waals surface area contributed by atoms with Gasteiger partial charge in [0.05, 0.1) is 0 Å². The van der Waals surface area contributed by atoms with Crippen molar-refractivity contribution in [3.8, 4) is 0 Å². The second kappa shape index (κ2) is 49.5. The monoisotopic (exact) mass is 406 g/mol. The summed E-state index contributed by atoms with van der Waals surface area (Å²) in [6.45, 7) is 0. The molecule has 0 atom stereocenters. The van der Waals surface area contributed by atoms with Gasteiger partial charge >= 0.3 is 69.2 Å². The molecule has 21 heteroatoms.